The van der Waals surface area contributed by atoms with E-state index in [-0.39, 0.29) is 23.9 Å². The van der Waals surface area contributed by atoms with Crippen molar-refractivity contribution in [2.24, 2.45) is 5.92 Å². The first-order chi connectivity index (χ1) is 14.8. The van der Waals surface area contributed by atoms with Crippen molar-refractivity contribution in [2.45, 2.75) is 46.1 Å². The Labute approximate surface area is 183 Å². The quantitative estimate of drug-likeness (QED) is 0.438. The molecule has 31 heavy (non-hydrogen) atoms. The third-order valence-corrected chi connectivity index (χ3v) is 5.08. The number of nitrogens with one attached hydrogen (secondary N) is 1. The summed E-state index contributed by atoms with van der Waals surface area (Å²) in [6, 6.07) is 15.4. The van der Waals surface area contributed by atoms with Crippen LogP contribution in [0.2, 0.25) is 0 Å². The van der Waals surface area contributed by atoms with Gasteiger partial charge in [-0.2, -0.15) is 0 Å². The molecule has 0 heterocycles. The third kappa shape index (κ3) is 7.20. The zero-order valence-corrected chi connectivity index (χ0v) is 18.4. The van der Waals surface area contributed by atoms with Crippen molar-refractivity contribution in [3.8, 4) is 0 Å². The number of nitro groups is 1. The molecule has 7 heteroatoms. The molecule has 0 aliphatic carbocycles. The summed E-state index contributed by atoms with van der Waals surface area (Å²) in [7, 11) is 0. The van der Waals surface area contributed by atoms with E-state index < -0.39 is 11.0 Å². The van der Waals surface area contributed by atoms with Gasteiger partial charge in [0.1, 0.15) is 6.04 Å². The molecule has 0 aliphatic heterocycles. The predicted molar refractivity (Wildman–Crippen MR) is 121 cm³/mol. The second kappa shape index (κ2) is 11.8. The van der Waals surface area contributed by atoms with Crippen LogP contribution in [-0.4, -0.2) is 40.8 Å². The van der Waals surface area contributed by atoms with E-state index in [1.165, 1.54) is 6.07 Å². The van der Waals surface area contributed by atoms with E-state index >= 15 is 0 Å². The van der Waals surface area contributed by atoms with Gasteiger partial charge in [0.05, 0.1) is 11.3 Å². The van der Waals surface area contributed by atoms with Gasteiger partial charge in [-0.1, -0.05) is 69.3 Å². The number of para-hydroxylation sites is 1. The lowest BCUT2D eigenvalue weighted by Gasteiger charge is -2.31. The van der Waals surface area contributed by atoms with E-state index in [9.17, 15) is 19.7 Å². The number of benzene rings is 2. The molecule has 1 N–H and O–H groups in total. The van der Waals surface area contributed by atoms with Crippen molar-refractivity contribution in [3.05, 3.63) is 75.8 Å². The highest BCUT2D eigenvalue weighted by Crippen LogP contribution is 2.20. The molecular formula is C24H31N3O4. The zero-order valence-electron chi connectivity index (χ0n) is 18.4. The first kappa shape index (κ1) is 24.1. The fraction of sp³-hybridized carbons (Fsp3) is 0.417. The molecule has 0 bridgehead atoms. The van der Waals surface area contributed by atoms with Crippen LogP contribution in [0, 0.1) is 16.0 Å². The molecular weight excluding hydrogens is 394 g/mol. The van der Waals surface area contributed by atoms with Gasteiger partial charge in [0.2, 0.25) is 11.8 Å². The minimum absolute atomic E-state index is 0.0869. The summed E-state index contributed by atoms with van der Waals surface area (Å²) >= 11 is 0. The molecule has 0 spiro atoms. The second-order valence-corrected chi connectivity index (χ2v) is 7.95. The SMILES string of the molecule is CC[C@H](C(=O)NCC(C)C)N(CCc1ccccc1)C(=O)Cc1ccccc1[N+](=O)[O-]. The van der Waals surface area contributed by atoms with Gasteiger partial charge in [-0.05, 0) is 24.3 Å². The Morgan fingerprint density at radius 2 is 1.71 bits per heavy atom. The molecule has 2 aromatic rings. The van der Waals surface area contributed by atoms with Crippen LogP contribution < -0.4 is 5.32 Å². The Kier molecular flexibility index (Phi) is 9.18. The molecule has 1 atom stereocenters. The molecule has 2 amide bonds. The number of carbonyl (C=O) groups excluding carboxylic acids is 2. The van der Waals surface area contributed by atoms with Crippen LogP contribution in [0.4, 0.5) is 5.69 Å². The van der Waals surface area contributed by atoms with Gasteiger partial charge < -0.3 is 10.2 Å². The minimum atomic E-state index is -0.627. The standard InChI is InChI=1S/C24H31N3O4/c1-4-21(24(29)25-17-18(2)3)26(15-14-19-10-6-5-7-11-19)23(28)16-20-12-8-9-13-22(20)27(30)31/h5-13,18,21H,4,14-17H2,1-3H3,(H,25,29)/t21-/m1/s1. The van der Waals surface area contributed by atoms with Crippen molar-refractivity contribution in [1.29, 1.82) is 0 Å². The molecule has 0 unspecified atom stereocenters. The van der Waals surface area contributed by atoms with Gasteiger partial charge in [-0.25, -0.2) is 0 Å². The van der Waals surface area contributed by atoms with Crippen LogP contribution in [0.5, 0.6) is 0 Å². The van der Waals surface area contributed by atoms with Crippen molar-refractivity contribution in [1.82, 2.24) is 10.2 Å². The van der Waals surface area contributed by atoms with E-state index in [4.69, 9.17) is 0 Å². The Bertz CT molecular complexity index is 883. The molecule has 0 aliphatic rings. The van der Waals surface area contributed by atoms with Crippen molar-refractivity contribution < 1.29 is 14.5 Å². The Balaban J connectivity index is 2.25. The van der Waals surface area contributed by atoms with E-state index in [1.54, 1.807) is 23.1 Å². The second-order valence-electron chi connectivity index (χ2n) is 7.95. The number of carbonyl (C=O) groups is 2. The Hall–Kier alpha value is -3.22. The van der Waals surface area contributed by atoms with E-state index in [0.29, 0.717) is 37.4 Å². The highest BCUT2D eigenvalue weighted by molar-refractivity contribution is 5.88. The maximum absolute atomic E-state index is 13.3. The van der Waals surface area contributed by atoms with Gasteiger partial charge in [-0.3, -0.25) is 19.7 Å². The number of amides is 2. The summed E-state index contributed by atoms with van der Waals surface area (Å²) in [5.41, 5.74) is 1.32. The maximum atomic E-state index is 13.3. The zero-order chi connectivity index (χ0) is 22.8. The normalized spacial score (nSPS) is 11.7. The highest BCUT2D eigenvalue weighted by Gasteiger charge is 2.29. The summed E-state index contributed by atoms with van der Waals surface area (Å²) < 4.78 is 0. The molecule has 0 saturated heterocycles. The summed E-state index contributed by atoms with van der Waals surface area (Å²) in [6.45, 7) is 6.77. The number of rotatable bonds is 11. The number of hydrogen-bond acceptors (Lipinski definition) is 4. The van der Waals surface area contributed by atoms with Gasteiger partial charge in [-0.15, -0.1) is 0 Å². The lowest BCUT2D eigenvalue weighted by molar-refractivity contribution is -0.385. The predicted octanol–water partition coefficient (Wildman–Crippen LogP) is 3.76. The van der Waals surface area contributed by atoms with Crippen LogP contribution in [0.1, 0.15) is 38.3 Å². The van der Waals surface area contributed by atoms with E-state index in [1.807, 2.05) is 51.1 Å². The maximum Gasteiger partial charge on any atom is 0.273 e. The fourth-order valence-corrected chi connectivity index (χ4v) is 3.42. The average molecular weight is 426 g/mol. The number of hydrogen-bond donors (Lipinski definition) is 1. The summed E-state index contributed by atoms with van der Waals surface area (Å²) in [6.07, 6.45) is 0.929. The molecule has 0 radical (unpaired) electrons. The number of nitro benzene ring substituents is 1. The molecule has 0 aromatic heterocycles. The van der Waals surface area contributed by atoms with Crippen LogP contribution in [0.3, 0.4) is 0 Å². The topological polar surface area (TPSA) is 92.6 Å². The highest BCUT2D eigenvalue weighted by atomic mass is 16.6. The fourth-order valence-electron chi connectivity index (χ4n) is 3.42. The van der Waals surface area contributed by atoms with Crippen molar-refractivity contribution in [3.63, 3.8) is 0 Å². The number of nitrogens with zero attached hydrogens (tertiary/aromatic N) is 2. The van der Waals surface area contributed by atoms with Crippen molar-refractivity contribution >= 4 is 17.5 Å². The average Bonchev–Trinajstić information content (AvgIpc) is 2.75. The van der Waals surface area contributed by atoms with Crippen molar-refractivity contribution in [2.75, 3.05) is 13.1 Å². The molecule has 166 valence electrons. The summed E-state index contributed by atoms with van der Waals surface area (Å²) in [4.78, 5) is 38.6. The molecule has 0 fully saturated rings. The lowest BCUT2D eigenvalue weighted by Crippen LogP contribution is -2.51. The molecule has 0 saturated carbocycles. The lowest BCUT2D eigenvalue weighted by atomic mass is 10.0. The van der Waals surface area contributed by atoms with Crippen LogP contribution in [0.25, 0.3) is 0 Å². The van der Waals surface area contributed by atoms with Gasteiger partial charge in [0, 0.05) is 24.7 Å². The van der Waals surface area contributed by atoms with Gasteiger partial charge in [0.25, 0.3) is 5.69 Å². The summed E-state index contributed by atoms with van der Waals surface area (Å²) in [5, 5.41) is 14.3. The first-order valence-electron chi connectivity index (χ1n) is 10.7. The third-order valence-electron chi connectivity index (χ3n) is 5.08. The summed E-state index contributed by atoms with van der Waals surface area (Å²) in [5.74, 6) is -0.196. The largest absolute Gasteiger partial charge is 0.354 e. The van der Waals surface area contributed by atoms with E-state index in [2.05, 4.69) is 5.32 Å². The van der Waals surface area contributed by atoms with E-state index in [0.717, 1.165) is 5.56 Å². The first-order valence-corrected chi connectivity index (χ1v) is 10.7. The smallest absolute Gasteiger partial charge is 0.273 e. The monoisotopic (exact) mass is 425 g/mol. The minimum Gasteiger partial charge on any atom is -0.354 e. The Morgan fingerprint density at radius 1 is 1.06 bits per heavy atom. The Morgan fingerprint density at radius 3 is 2.32 bits per heavy atom. The molecule has 2 aromatic carbocycles. The van der Waals surface area contributed by atoms with Crippen LogP contribution in [-0.2, 0) is 22.4 Å². The van der Waals surface area contributed by atoms with Crippen LogP contribution >= 0.6 is 0 Å². The van der Waals surface area contributed by atoms with Crippen LogP contribution in [0.15, 0.2) is 54.6 Å². The molecule has 2 rings (SSSR count). The molecule has 7 nitrogen and oxygen atoms in total. The van der Waals surface area contributed by atoms with Gasteiger partial charge in [0.15, 0.2) is 0 Å². The van der Waals surface area contributed by atoms with Gasteiger partial charge >= 0.3 is 0 Å².